The van der Waals surface area contributed by atoms with Crippen molar-refractivity contribution in [3.8, 4) is 17.2 Å². The second kappa shape index (κ2) is 13.4. The highest BCUT2D eigenvalue weighted by Gasteiger charge is 2.17. The van der Waals surface area contributed by atoms with E-state index in [4.69, 9.17) is 33.0 Å². The van der Waals surface area contributed by atoms with Crippen LogP contribution in [0.1, 0.15) is 31.0 Å². The van der Waals surface area contributed by atoms with Gasteiger partial charge in [0, 0.05) is 32.4 Å². The number of hydrogen-bond donors (Lipinski definition) is 3. The van der Waals surface area contributed by atoms with Gasteiger partial charge in [-0.2, -0.15) is 5.10 Å². The SMILES string of the molecule is CCCCc1cc(NC(=O)Nc2ccc(Oc3ccnc(NC(=O)N(C)C)c3)c(Cl)c2Cl)n(-c2ccc(C)cc2)n1. The molecule has 2 aromatic heterocycles. The fourth-order valence-corrected chi connectivity index (χ4v) is 4.16. The van der Waals surface area contributed by atoms with E-state index in [1.165, 1.54) is 11.1 Å². The molecule has 41 heavy (non-hydrogen) atoms. The molecular weight excluding hydrogens is 565 g/mol. The number of hydrogen-bond acceptors (Lipinski definition) is 5. The van der Waals surface area contributed by atoms with Crippen LogP contribution in [0, 0.1) is 6.92 Å². The molecule has 0 unspecified atom stereocenters. The molecule has 2 aromatic carbocycles. The number of nitrogens with one attached hydrogen (secondary N) is 3. The lowest BCUT2D eigenvalue weighted by molar-refractivity contribution is 0.230. The van der Waals surface area contributed by atoms with Crippen LogP contribution in [-0.2, 0) is 6.42 Å². The fourth-order valence-electron chi connectivity index (χ4n) is 3.75. The van der Waals surface area contributed by atoms with Crippen molar-refractivity contribution in [1.82, 2.24) is 19.7 Å². The lowest BCUT2D eigenvalue weighted by Crippen LogP contribution is -2.27. The number of ether oxygens (including phenoxy) is 1. The molecule has 0 aliphatic heterocycles. The Hall–Kier alpha value is -4.28. The zero-order chi connectivity index (χ0) is 29.5. The first-order chi connectivity index (χ1) is 19.6. The van der Waals surface area contributed by atoms with Gasteiger partial charge >= 0.3 is 12.1 Å². The van der Waals surface area contributed by atoms with Crippen LogP contribution in [0.4, 0.5) is 26.9 Å². The maximum Gasteiger partial charge on any atom is 0.324 e. The molecule has 0 bridgehead atoms. The zero-order valence-corrected chi connectivity index (χ0v) is 24.7. The smallest absolute Gasteiger partial charge is 0.324 e. The van der Waals surface area contributed by atoms with Crippen molar-refractivity contribution in [2.45, 2.75) is 33.1 Å². The molecule has 3 N–H and O–H groups in total. The van der Waals surface area contributed by atoms with Gasteiger partial charge in [-0.3, -0.25) is 10.6 Å². The van der Waals surface area contributed by atoms with Gasteiger partial charge in [-0.25, -0.2) is 19.3 Å². The Morgan fingerprint density at radius 1 is 0.976 bits per heavy atom. The molecule has 4 aromatic rings. The topological polar surface area (TPSA) is 113 Å². The van der Waals surface area contributed by atoms with E-state index in [1.807, 2.05) is 37.3 Å². The first kappa shape index (κ1) is 29.7. The number of unbranched alkanes of at least 4 members (excludes halogenated alkanes) is 1. The van der Waals surface area contributed by atoms with Crippen molar-refractivity contribution in [3.05, 3.63) is 82.1 Å². The van der Waals surface area contributed by atoms with E-state index in [9.17, 15) is 9.59 Å². The lowest BCUT2D eigenvalue weighted by atomic mass is 10.2. The van der Waals surface area contributed by atoms with Crippen LogP contribution in [0.2, 0.25) is 10.0 Å². The Bertz CT molecular complexity index is 1540. The number of anilines is 3. The van der Waals surface area contributed by atoms with Crippen LogP contribution >= 0.6 is 23.2 Å². The zero-order valence-electron chi connectivity index (χ0n) is 23.2. The number of nitrogens with zero attached hydrogens (tertiary/aromatic N) is 4. The van der Waals surface area contributed by atoms with Gasteiger partial charge in [0.05, 0.1) is 22.1 Å². The second-order valence-electron chi connectivity index (χ2n) is 9.49. The average Bonchev–Trinajstić information content (AvgIpc) is 3.34. The highest BCUT2D eigenvalue weighted by molar-refractivity contribution is 6.45. The van der Waals surface area contributed by atoms with Crippen molar-refractivity contribution >= 4 is 52.6 Å². The summed E-state index contributed by atoms with van der Waals surface area (Å²) in [7, 11) is 3.24. The van der Waals surface area contributed by atoms with Crippen molar-refractivity contribution in [1.29, 1.82) is 0 Å². The third-order valence-electron chi connectivity index (χ3n) is 5.96. The van der Waals surface area contributed by atoms with Gasteiger partial charge in [0.25, 0.3) is 0 Å². The van der Waals surface area contributed by atoms with Crippen LogP contribution in [-0.4, -0.2) is 45.8 Å². The van der Waals surface area contributed by atoms with Gasteiger partial charge in [0.15, 0.2) is 0 Å². The molecule has 10 nitrogen and oxygen atoms in total. The molecule has 2 heterocycles. The molecule has 12 heteroatoms. The largest absolute Gasteiger partial charge is 0.456 e. The van der Waals surface area contributed by atoms with Gasteiger partial charge in [-0.1, -0.05) is 54.2 Å². The second-order valence-corrected chi connectivity index (χ2v) is 10.2. The fraction of sp³-hybridized carbons (Fsp3) is 0.241. The molecule has 4 rings (SSSR count). The quantitative estimate of drug-likeness (QED) is 0.183. The number of aromatic nitrogens is 3. The van der Waals surface area contributed by atoms with Gasteiger partial charge in [-0.15, -0.1) is 0 Å². The Labute approximate surface area is 248 Å². The van der Waals surface area contributed by atoms with Crippen LogP contribution in [0.5, 0.6) is 11.5 Å². The predicted molar refractivity (Wildman–Crippen MR) is 163 cm³/mol. The third kappa shape index (κ3) is 7.68. The first-order valence-corrected chi connectivity index (χ1v) is 13.7. The minimum atomic E-state index is -0.512. The van der Waals surface area contributed by atoms with Crippen LogP contribution in [0.25, 0.3) is 5.69 Å². The molecule has 4 amide bonds. The highest BCUT2D eigenvalue weighted by atomic mass is 35.5. The maximum absolute atomic E-state index is 13.0. The summed E-state index contributed by atoms with van der Waals surface area (Å²) in [4.78, 5) is 30.4. The average molecular weight is 597 g/mol. The molecule has 0 radical (unpaired) electrons. The summed E-state index contributed by atoms with van der Waals surface area (Å²) in [5, 5.41) is 13.2. The monoisotopic (exact) mass is 595 g/mol. The molecule has 0 fully saturated rings. The van der Waals surface area contributed by atoms with Gasteiger partial charge < -0.3 is 15.0 Å². The van der Waals surface area contributed by atoms with E-state index < -0.39 is 6.03 Å². The Morgan fingerprint density at radius 2 is 1.73 bits per heavy atom. The third-order valence-corrected chi connectivity index (χ3v) is 6.83. The van der Waals surface area contributed by atoms with E-state index in [2.05, 4.69) is 27.9 Å². The number of carbonyl (C=O) groups excluding carboxylic acids is 2. The van der Waals surface area contributed by atoms with E-state index in [0.717, 1.165) is 36.2 Å². The summed E-state index contributed by atoms with van der Waals surface area (Å²) in [6.45, 7) is 4.13. The number of rotatable bonds is 9. The van der Waals surface area contributed by atoms with Crippen molar-refractivity contribution in [2.75, 3.05) is 30.0 Å². The normalized spacial score (nSPS) is 10.7. The minimum Gasteiger partial charge on any atom is -0.456 e. The summed E-state index contributed by atoms with van der Waals surface area (Å²) in [5.41, 5.74) is 3.13. The summed E-state index contributed by atoms with van der Waals surface area (Å²) >= 11 is 13.0. The van der Waals surface area contributed by atoms with Crippen LogP contribution in [0.3, 0.4) is 0 Å². The number of carbonyl (C=O) groups is 2. The Balaban J connectivity index is 1.48. The molecule has 214 valence electrons. The number of aryl methyl sites for hydroxylation is 2. The summed E-state index contributed by atoms with van der Waals surface area (Å²) in [6.07, 6.45) is 4.32. The molecule has 0 aliphatic carbocycles. The van der Waals surface area contributed by atoms with E-state index in [1.54, 1.807) is 43.0 Å². The van der Waals surface area contributed by atoms with E-state index in [-0.39, 0.29) is 21.8 Å². The standard InChI is InChI=1S/C29H31Cl2N7O3/c1-5-6-7-19-16-25(38(36-19)20-10-8-18(2)9-11-20)35-28(39)33-22-12-13-23(27(31)26(22)30)41-21-14-15-32-24(17-21)34-29(40)37(3)4/h8-17H,5-7H2,1-4H3,(H,32,34,40)(H2,33,35,39). The first-order valence-electron chi connectivity index (χ1n) is 13.0. The lowest BCUT2D eigenvalue weighted by Gasteiger charge is -2.15. The molecule has 0 saturated heterocycles. The highest BCUT2D eigenvalue weighted by Crippen LogP contribution is 2.39. The number of pyridine rings is 1. The van der Waals surface area contributed by atoms with Crippen molar-refractivity contribution < 1.29 is 14.3 Å². The summed E-state index contributed by atoms with van der Waals surface area (Å²) in [6, 6.07) is 15.2. The molecule has 0 saturated carbocycles. The molecule has 0 aliphatic rings. The minimum absolute atomic E-state index is 0.102. The molecule has 0 atom stereocenters. The Morgan fingerprint density at radius 3 is 2.44 bits per heavy atom. The van der Waals surface area contributed by atoms with E-state index >= 15 is 0 Å². The maximum atomic E-state index is 13.0. The van der Waals surface area contributed by atoms with Crippen LogP contribution < -0.4 is 20.7 Å². The molecular formula is C29H31Cl2N7O3. The van der Waals surface area contributed by atoms with Crippen molar-refractivity contribution in [2.24, 2.45) is 0 Å². The number of urea groups is 2. The van der Waals surface area contributed by atoms with Gasteiger partial charge in [0.1, 0.15) is 28.2 Å². The Kier molecular flexibility index (Phi) is 9.69. The number of halogens is 2. The van der Waals surface area contributed by atoms with Crippen molar-refractivity contribution in [3.63, 3.8) is 0 Å². The van der Waals surface area contributed by atoms with E-state index in [0.29, 0.717) is 23.1 Å². The summed E-state index contributed by atoms with van der Waals surface area (Å²) < 4.78 is 7.58. The molecule has 0 spiro atoms. The number of amides is 4. The van der Waals surface area contributed by atoms with Gasteiger partial charge in [0.2, 0.25) is 0 Å². The predicted octanol–water partition coefficient (Wildman–Crippen LogP) is 7.75. The van der Waals surface area contributed by atoms with Crippen LogP contribution in [0.15, 0.2) is 60.8 Å². The van der Waals surface area contributed by atoms with Gasteiger partial charge in [-0.05, 0) is 50.1 Å². The summed E-state index contributed by atoms with van der Waals surface area (Å²) in [5.74, 6) is 1.47. The number of benzene rings is 2.